The molecule has 1 fully saturated rings. The fourth-order valence-electron chi connectivity index (χ4n) is 3.40. The van der Waals surface area contributed by atoms with Crippen LogP contribution < -0.4 is 0 Å². The number of carboxylic acid groups (broad SMARTS) is 1. The number of hydrogen-bond donors (Lipinski definition) is 1. The van der Waals surface area contributed by atoms with E-state index in [1.165, 1.54) is 31.5 Å². The Bertz CT molecular complexity index is 678. The van der Waals surface area contributed by atoms with E-state index in [4.69, 9.17) is 0 Å². The van der Waals surface area contributed by atoms with Crippen LogP contribution in [0.15, 0.2) is 48.5 Å². The number of piperidine rings is 1. The van der Waals surface area contributed by atoms with Crippen LogP contribution in [-0.4, -0.2) is 29.1 Å². The maximum Gasteiger partial charge on any atom is 0.336 e. The van der Waals surface area contributed by atoms with Crippen molar-refractivity contribution in [3.8, 4) is 11.1 Å². The van der Waals surface area contributed by atoms with Crippen LogP contribution in [0.5, 0.6) is 0 Å². The van der Waals surface area contributed by atoms with Gasteiger partial charge in [0, 0.05) is 13.1 Å². The van der Waals surface area contributed by atoms with Gasteiger partial charge in [0.15, 0.2) is 0 Å². The summed E-state index contributed by atoms with van der Waals surface area (Å²) in [5, 5.41) is 9.32. The van der Waals surface area contributed by atoms with Crippen molar-refractivity contribution in [2.24, 2.45) is 5.92 Å². The van der Waals surface area contributed by atoms with Gasteiger partial charge in [0.1, 0.15) is 0 Å². The minimum atomic E-state index is -0.882. The van der Waals surface area contributed by atoms with E-state index in [0.717, 1.165) is 23.6 Å². The molecule has 1 saturated heterocycles. The summed E-state index contributed by atoms with van der Waals surface area (Å²) in [5.41, 5.74) is 3.37. The average molecular weight is 309 g/mol. The van der Waals surface area contributed by atoms with Gasteiger partial charge in [0.25, 0.3) is 0 Å². The van der Waals surface area contributed by atoms with Crippen molar-refractivity contribution in [2.75, 3.05) is 13.1 Å². The van der Waals surface area contributed by atoms with Gasteiger partial charge < -0.3 is 5.11 Å². The van der Waals surface area contributed by atoms with Crippen LogP contribution in [0.3, 0.4) is 0 Å². The fourth-order valence-corrected chi connectivity index (χ4v) is 3.40. The van der Waals surface area contributed by atoms with Crippen LogP contribution in [0.1, 0.15) is 35.7 Å². The maximum absolute atomic E-state index is 11.3. The Kier molecular flexibility index (Phi) is 4.77. The van der Waals surface area contributed by atoms with Crippen molar-refractivity contribution >= 4 is 5.97 Å². The molecule has 0 aliphatic carbocycles. The van der Waals surface area contributed by atoms with Crippen molar-refractivity contribution in [2.45, 2.75) is 26.3 Å². The Hall–Kier alpha value is -2.13. The lowest BCUT2D eigenvalue weighted by atomic mass is 9.97. The predicted molar refractivity (Wildman–Crippen MR) is 92.5 cm³/mol. The first kappa shape index (κ1) is 15.8. The largest absolute Gasteiger partial charge is 0.478 e. The van der Waals surface area contributed by atoms with Crippen molar-refractivity contribution < 1.29 is 9.90 Å². The molecule has 1 aliphatic heterocycles. The third-order valence-electron chi connectivity index (χ3n) is 4.57. The summed E-state index contributed by atoms with van der Waals surface area (Å²) in [6.45, 7) is 5.64. The normalized spacial score (nSPS) is 18.7. The zero-order valence-electron chi connectivity index (χ0n) is 13.5. The second-order valence-corrected chi connectivity index (χ2v) is 6.53. The zero-order chi connectivity index (χ0) is 16.2. The summed E-state index contributed by atoms with van der Waals surface area (Å²) in [7, 11) is 0. The van der Waals surface area contributed by atoms with Crippen LogP contribution in [0.2, 0.25) is 0 Å². The van der Waals surface area contributed by atoms with E-state index >= 15 is 0 Å². The van der Waals surface area contributed by atoms with E-state index in [0.29, 0.717) is 5.56 Å². The lowest BCUT2D eigenvalue weighted by Crippen LogP contribution is -2.33. The lowest BCUT2D eigenvalue weighted by Gasteiger charge is -2.30. The highest BCUT2D eigenvalue weighted by atomic mass is 16.4. The summed E-state index contributed by atoms with van der Waals surface area (Å²) < 4.78 is 0. The third kappa shape index (κ3) is 3.80. The Morgan fingerprint density at radius 2 is 1.91 bits per heavy atom. The Labute approximate surface area is 137 Å². The maximum atomic E-state index is 11.3. The molecule has 120 valence electrons. The van der Waals surface area contributed by atoms with Crippen molar-refractivity contribution in [3.05, 3.63) is 59.7 Å². The summed E-state index contributed by atoms with van der Waals surface area (Å²) in [6.07, 6.45) is 2.62. The summed E-state index contributed by atoms with van der Waals surface area (Å²) >= 11 is 0. The first-order valence-electron chi connectivity index (χ1n) is 8.27. The Morgan fingerprint density at radius 3 is 2.61 bits per heavy atom. The highest BCUT2D eigenvalue weighted by Crippen LogP contribution is 2.25. The van der Waals surface area contributed by atoms with Crippen molar-refractivity contribution in [1.29, 1.82) is 0 Å². The number of aromatic carboxylic acids is 1. The Morgan fingerprint density at radius 1 is 1.17 bits per heavy atom. The van der Waals surface area contributed by atoms with Gasteiger partial charge in [-0.05, 0) is 48.1 Å². The molecule has 0 bridgehead atoms. The topological polar surface area (TPSA) is 40.5 Å². The van der Waals surface area contributed by atoms with Crippen molar-refractivity contribution in [3.63, 3.8) is 0 Å². The van der Waals surface area contributed by atoms with Crippen molar-refractivity contribution in [1.82, 2.24) is 4.90 Å². The fraction of sp³-hybridized carbons (Fsp3) is 0.350. The molecule has 0 amide bonds. The molecule has 1 aliphatic rings. The quantitative estimate of drug-likeness (QED) is 0.916. The van der Waals surface area contributed by atoms with Gasteiger partial charge in [-0.25, -0.2) is 4.79 Å². The van der Waals surface area contributed by atoms with E-state index in [1.54, 1.807) is 12.1 Å². The van der Waals surface area contributed by atoms with E-state index in [-0.39, 0.29) is 0 Å². The number of likely N-dealkylation sites (tertiary alicyclic amines) is 1. The van der Waals surface area contributed by atoms with Gasteiger partial charge in [-0.1, -0.05) is 49.4 Å². The SMILES string of the molecule is CC1CCCN(Cc2ccc(-c3ccccc3C(=O)O)cc2)C1. The highest BCUT2D eigenvalue weighted by Gasteiger charge is 2.16. The van der Waals surface area contributed by atoms with Gasteiger partial charge in [-0.2, -0.15) is 0 Å². The molecule has 3 nitrogen and oxygen atoms in total. The smallest absolute Gasteiger partial charge is 0.336 e. The molecular weight excluding hydrogens is 286 g/mol. The number of nitrogens with zero attached hydrogens (tertiary/aromatic N) is 1. The van der Waals surface area contributed by atoms with Gasteiger partial charge >= 0.3 is 5.97 Å². The first-order valence-corrected chi connectivity index (χ1v) is 8.27. The number of benzene rings is 2. The van der Waals surface area contributed by atoms with E-state index < -0.39 is 5.97 Å². The number of carboxylic acids is 1. The second-order valence-electron chi connectivity index (χ2n) is 6.53. The molecule has 2 aromatic rings. The van der Waals surface area contributed by atoms with E-state index in [2.05, 4.69) is 24.0 Å². The molecule has 3 rings (SSSR count). The van der Waals surface area contributed by atoms with Gasteiger partial charge in [0.2, 0.25) is 0 Å². The first-order chi connectivity index (χ1) is 11.1. The molecule has 1 heterocycles. The van der Waals surface area contributed by atoms with Gasteiger partial charge in [0.05, 0.1) is 5.56 Å². The molecule has 0 saturated carbocycles. The number of carbonyl (C=O) groups is 1. The number of hydrogen-bond acceptors (Lipinski definition) is 2. The van der Waals surface area contributed by atoms with E-state index in [9.17, 15) is 9.90 Å². The highest BCUT2D eigenvalue weighted by molar-refractivity contribution is 5.95. The molecule has 1 N–H and O–H groups in total. The monoisotopic (exact) mass is 309 g/mol. The van der Waals surface area contributed by atoms with E-state index in [1.807, 2.05) is 24.3 Å². The van der Waals surface area contributed by atoms with Gasteiger partial charge in [-0.15, -0.1) is 0 Å². The zero-order valence-corrected chi connectivity index (χ0v) is 13.5. The van der Waals surface area contributed by atoms with Crippen LogP contribution in [-0.2, 0) is 6.54 Å². The molecule has 0 aromatic heterocycles. The minimum Gasteiger partial charge on any atom is -0.478 e. The van der Waals surface area contributed by atoms with Crippen LogP contribution >= 0.6 is 0 Å². The molecule has 0 radical (unpaired) electrons. The molecule has 23 heavy (non-hydrogen) atoms. The molecular formula is C20H23NO2. The summed E-state index contributed by atoms with van der Waals surface area (Å²) in [4.78, 5) is 13.9. The van der Waals surface area contributed by atoms with Gasteiger partial charge in [-0.3, -0.25) is 4.90 Å². The summed E-state index contributed by atoms with van der Waals surface area (Å²) in [5.74, 6) is -0.0996. The van der Waals surface area contributed by atoms with Crippen LogP contribution in [0, 0.1) is 5.92 Å². The molecule has 1 atom stereocenters. The van der Waals surface area contributed by atoms with Crippen LogP contribution in [0.25, 0.3) is 11.1 Å². The second kappa shape index (κ2) is 6.97. The predicted octanol–water partition coefficient (Wildman–Crippen LogP) is 4.28. The average Bonchev–Trinajstić information content (AvgIpc) is 2.55. The standard InChI is InChI=1S/C20H23NO2/c1-15-5-4-12-21(13-15)14-16-8-10-17(11-9-16)18-6-2-3-7-19(18)20(22)23/h2-3,6-11,15H,4-5,12-14H2,1H3,(H,22,23). The molecule has 3 heteroatoms. The molecule has 2 aromatic carbocycles. The lowest BCUT2D eigenvalue weighted by molar-refractivity contribution is 0.0697. The minimum absolute atomic E-state index is 0.352. The number of rotatable bonds is 4. The molecule has 1 unspecified atom stereocenters. The summed E-state index contributed by atoms with van der Waals surface area (Å²) in [6, 6.07) is 15.5. The molecule has 0 spiro atoms. The van der Waals surface area contributed by atoms with Crippen LogP contribution in [0.4, 0.5) is 0 Å². The third-order valence-corrected chi connectivity index (χ3v) is 4.57. The Balaban J connectivity index is 1.76.